The number of amides is 2. The molecule has 0 bridgehead atoms. The first-order chi connectivity index (χ1) is 22.6. The lowest BCUT2D eigenvalue weighted by molar-refractivity contribution is -0.137. The largest absolute Gasteiger partial charge is 0.416 e. The number of halogens is 3. The van der Waals surface area contributed by atoms with Gasteiger partial charge in [0.15, 0.2) is 0 Å². The van der Waals surface area contributed by atoms with Crippen LogP contribution in [0.5, 0.6) is 0 Å². The number of hydrogen-bond donors (Lipinski definition) is 4. The first-order valence-electron chi connectivity index (χ1n) is 15.6. The molecular weight excluding hydrogens is 613 g/mol. The lowest BCUT2D eigenvalue weighted by Crippen LogP contribution is -2.29. The van der Waals surface area contributed by atoms with Gasteiger partial charge in [-0.1, -0.05) is 32.4 Å². The summed E-state index contributed by atoms with van der Waals surface area (Å²) in [5, 5.41) is 9.13. The zero-order valence-electron chi connectivity index (χ0n) is 26.3. The van der Waals surface area contributed by atoms with E-state index in [0.29, 0.717) is 73.2 Å². The number of fused-ring (bicyclic) bond motifs is 5. The summed E-state index contributed by atoms with van der Waals surface area (Å²) in [6.45, 7) is 6.87. The van der Waals surface area contributed by atoms with Crippen molar-refractivity contribution in [3.63, 3.8) is 0 Å². The maximum Gasteiger partial charge on any atom is 0.416 e. The second kappa shape index (κ2) is 15.0. The van der Waals surface area contributed by atoms with E-state index in [1.165, 1.54) is 12.1 Å². The minimum atomic E-state index is -4.47. The summed E-state index contributed by atoms with van der Waals surface area (Å²) in [6, 6.07) is 15.0. The van der Waals surface area contributed by atoms with Gasteiger partial charge in [0.1, 0.15) is 11.9 Å². The molecule has 1 aliphatic rings. The highest BCUT2D eigenvalue weighted by molar-refractivity contribution is 6.03. The fourth-order valence-electron chi connectivity index (χ4n) is 5.53. The number of nitrogens with two attached hydrogens (primary N) is 1. The van der Waals surface area contributed by atoms with Crippen molar-refractivity contribution < 1.29 is 32.2 Å². The molecule has 4 aromatic rings. The minimum absolute atomic E-state index is 0.0283. The number of hydrogen-bond acceptors (Lipinski definition) is 7. The first kappa shape index (κ1) is 33.9. The number of ether oxygens (including phenoxy) is 2. The monoisotopic (exact) mass is 652 g/mol. The number of alkyl halides is 3. The van der Waals surface area contributed by atoms with Crippen molar-refractivity contribution in [3.8, 4) is 11.4 Å². The molecule has 0 saturated heterocycles. The van der Waals surface area contributed by atoms with E-state index in [9.17, 15) is 22.8 Å². The fraction of sp³-hybridized carbons (Fsp3) is 0.382. The number of rotatable bonds is 14. The predicted molar refractivity (Wildman–Crippen MR) is 174 cm³/mol. The summed E-state index contributed by atoms with van der Waals surface area (Å²) in [4.78, 5) is 31.7. The van der Waals surface area contributed by atoms with Crippen molar-refractivity contribution in [1.82, 2.24) is 14.9 Å². The van der Waals surface area contributed by atoms with Crippen LogP contribution in [0.1, 0.15) is 47.8 Å². The first-order valence-corrected chi connectivity index (χ1v) is 15.6. The molecular formula is C34H39F3N6O4. The van der Waals surface area contributed by atoms with Crippen molar-refractivity contribution in [2.24, 2.45) is 11.7 Å². The lowest BCUT2D eigenvalue weighted by Gasteiger charge is -2.23. The van der Waals surface area contributed by atoms with E-state index in [0.717, 1.165) is 29.8 Å². The van der Waals surface area contributed by atoms with Gasteiger partial charge in [-0.15, -0.1) is 0 Å². The third-order valence-electron chi connectivity index (χ3n) is 8.12. The Kier molecular flexibility index (Phi) is 10.8. The topological polar surface area (TPSA) is 133 Å². The zero-order chi connectivity index (χ0) is 33.6. The molecule has 0 spiro atoms. The molecule has 0 saturated carbocycles. The van der Waals surface area contributed by atoms with Crippen LogP contribution in [0.4, 0.5) is 24.5 Å². The van der Waals surface area contributed by atoms with E-state index in [1.54, 1.807) is 18.2 Å². The molecule has 2 atom stereocenters. The van der Waals surface area contributed by atoms with Gasteiger partial charge in [0.2, 0.25) is 5.91 Å². The Morgan fingerprint density at radius 1 is 1.06 bits per heavy atom. The molecule has 0 radical (unpaired) electrons. The Labute approximate surface area is 270 Å². The molecule has 2 amide bonds. The van der Waals surface area contributed by atoms with Crippen LogP contribution in [0.3, 0.4) is 0 Å². The average molecular weight is 653 g/mol. The third kappa shape index (κ3) is 7.92. The molecule has 0 fully saturated rings. The predicted octanol–water partition coefficient (Wildman–Crippen LogP) is 5.60. The Morgan fingerprint density at radius 3 is 2.60 bits per heavy atom. The second-order valence-corrected chi connectivity index (χ2v) is 11.4. The van der Waals surface area contributed by atoms with Crippen LogP contribution in [0, 0.1) is 5.92 Å². The molecule has 1 unspecified atom stereocenters. The smallest absolute Gasteiger partial charge is 0.383 e. The molecule has 47 heavy (non-hydrogen) atoms. The van der Waals surface area contributed by atoms with Gasteiger partial charge in [0.25, 0.3) is 5.91 Å². The Balaban J connectivity index is 1.40. The molecule has 1 aliphatic heterocycles. The van der Waals surface area contributed by atoms with Gasteiger partial charge in [0.05, 0.1) is 48.7 Å². The Hall–Kier alpha value is -4.46. The number of carbonyl (C=O) groups excluding carboxylic acids is 2. The number of imidazole rings is 1. The normalized spacial score (nSPS) is 15.0. The van der Waals surface area contributed by atoms with Gasteiger partial charge in [-0.05, 0) is 60.0 Å². The highest BCUT2D eigenvalue weighted by atomic mass is 19.4. The van der Waals surface area contributed by atoms with Crippen molar-refractivity contribution in [2.45, 2.75) is 39.0 Å². The number of benzene rings is 3. The molecule has 1 aromatic heterocycles. The zero-order valence-corrected chi connectivity index (χ0v) is 26.3. The van der Waals surface area contributed by atoms with Gasteiger partial charge in [-0.2, -0.15) is 13.2 Å². The Morgan fingerprint density at radius 2 is 1.85 bits per heavy atom. The van der Waals surface area contributed by atoms with Gasteiger partial charge >= 0.3 is 6.18 Å². The molecule has 13 heteroatoms. The van der Waals surface area contributed by atoms with Gasteiger partial charge < -0.3 is 35.7 Å². The van der Waals surface area contributed by atoms with E-state index in [2.05, 4.69) is 16.0 Å². The van der Waals surface area contributed by atoms with E-state index in [-0.39, 0.29) is 18.4 Å². The van der Waals surface area contributed by atoms with Crippen LogP contribution in [0.25, 0.3) is 22.4 Å². The van der Waals surface area contributed by atoms with Crippen LogP contribution in [-0.2, 0) is 27.0 Å². The fourth-order valence-corrected chi connectivity index (χ4v) is 5.53. The SMILES string of the molecule is CCC(C)[C@H]1C(=O)Nc2ccc(NCCOCCOCCN)cc2-c2nc3cc(C(=O)NCc4cccc(C(F)(F)F)c4)ccc3n21. The van der Waals surface area contributed by atoms with Crippen molar-refractivity contribution in [1.29, 1.82) is 0 Å². The van der Waals surface area contributed by atoms with E-state index >= 15 is 0 Å². The minimum Gasteiger partial charge on any atom is -0.383 e. The highest BCUT2D eigenvalue weighted by Gasteiger charge is 2.34. The maximum atomic E-state index is 13.6. The summed E-state index contributed by atoms with van der Waals surface area (Å²) in [7, 11) is 0. The summed E-state index contributed by atoms with van der Waals surface area (Å²) >= 11 is 0. The van der Waals surface area contributed by atoms with Crippen LogP contribution < -0.4 is 21.7 Å². The molecule has 5 N–H and O–H groups in total. The quantitative estimate of drug-likeness (QED) is 0.131. The average Bonchev–Trinajstić information content (AvgIpc) is 3.37. The molecule has 2 heterocycles. The lowest BCUT2D eigenvalue weighted by atomic mass is 9.97. The van der Waals surface area contributed by atoms with Gasteiger partial charge in [-0.3, -0.25) is 9.59 Å². The molecule has 5 rings (SSSR count). The summed E-state index contributed by atoms with van der Waals surface area (Å²) in [5.74, 6) is -0.0621. The number of anilines is 2. The van der Waals surface area contributed by atoms with Crippen LogP contribution in [0.2, 0.25) is 0 Å². The van der Waals surface area contributed by atoms with Crippen molar-refractivity contribution in [2.75, 3.05) is 50.2 Å². The second-order valence-electron chi connectivity index (χ2n) is 11.4. The van der Waals surface area contributed by atoms with Gasteiger partial charge in [-0.25, -0.2) is 4.98 Å². The van der Waals surface area contributed by atoms with E-state index in [1.807, 2.05) is 36.6 Å². The van der Waals surface area contributed by atoms with E-state index < -0.39 is 23.7 Å². The standard InChI is InChI=1S/C34H39F3N6O4/c1-3-21(2)30-33(45)42-27-9-8-25(39-12-14-47-16-15-46-13-11-38)19-26(27)31-41-28-18-23(7-10-29(28)43(30)31)32(44)40-20-22-5-4-6-24(17-22)34(35,36)37/h4-10,17-19,21,30,39H,3,11-16,20,38H2,1-2H3,(H,40,44)(H,42,45)/t21?,30-/m0/s1. The summed E-state index contributed by atoms with van der Waals surface area (Å²) in [6.07, 6.45) is -3.73. The molecule has 250 valence electrons. The number of nitrogens with zero attached hydrogens (tertiary/aromatic N) is 2. The Bertz CT molecular complexity index is 1720. The van der Waals surface area contributed by atoms with Crippen LogP contribution in [0.15, 0.2) is 60.7 Å². The number of aromatic nitrogens is 2. The van der Waals surface area contributed by atoms with Crippen LogP contribution in [-0.4, -0.2) is 60.9 Å². The summed E-state index contributed by atoms with van der Waals surface area (Å²) in [5.41, 5.74) is 8.63. The van der Waals surface area contributed by atoms with Crippen molar-refractivity contribution >= 4 is 34.2 Å². The van der Waals surface area contributed by atoms with Crippen LogP contribution >= 0.6 is 0 Å². The maximum absolute atomic E-state index is 13.6. The van der Waals surface area contributed by atoms with E-state index in [4.69, 9.17) is 20.2 Å². The molecule has 0 aliphatic carbocycles. The molecule has 10 nitrogen and oxygen atoms in total. The highest BCUT2D eigenvalue weighted by Crippen LogP contribution is 2.40. The summed E-state index contributed by atoms with van der Waals surface area (Å²) < 4.78 is 52.3. The number of carbonyl (C=O) groups is 2. The third-order valence-corrected chi connectivity index (χ3v) is 8.12. The van der Waals surface area contributed by atoms with Crippen molar-refractivity contribution in [3.05, 3.63) is 77.4 Å². The molecule has 3 aromatic carbocycles. The van der Waals surface area contributed by atoms with Gasteiger partial charge in [0, 0.05) is 36.4 Å². The number of nitrogens with one attached hydrogen (secondary N) is 3.